The first-order valence-corrected chi connectivity index (χ1v) is 40.7. The molecule has 0 atom stereocenters. The maximum Gasteiger partial charge on any atom is 0.494 e. The topological polar surface area (TPSA) is 340 Å². The smallest absolute Gasteiger partial charge is 0.399 e. The molecule has 122 heavy (non-hydrogen) atoms. The van der Waals surface area contributed by atoms with E-state index in [0.29, 0.717) is 78.3 Å². The van der Waals surface area contributed by atoms with Crippen LogP contribution in [0.5, 0.6) is 0 Å². The second-order valence-electron chi connectivity index (χ2n) is 28.8. The van der Waals surface area contributed by atoms with Crippen LogP contribution in [0.4, 0.5) is 46.7 Å². The number of nitriles is 1. The average Bonchev–Trinajstić information content (AvgIpc) is 1.72. The number of hydrogen-bond donors (Lipinski definition) is 5. The Morgan fingerprint density at radius 2 is 0.689 bits per heavy atom. The van der Waals surface area contributed by atoms with Gasteiger partial charge in [-0.05, 0) is 281 Å². The Hall–Kier alpha value is -13.0. The van der Waals surface area contributed by atoms with E-state index >= 15 is 0 Å². The lowest BCUT2D eigenvalue weighted by atomic mass is 9.78. The molecule has 10 heterocycles. The Balaban J connectivity index is 0.000000129. The van der Waals surface area contributed by atoms with Crippen LogP contribution in [0.3, 0.4) is 0 Å². The molecular weight excluding hydrogens is 1810 g/mol. The molecule has 21 nitrogen and oxygen atoms in total. The molecule has 9 aromatic heterocycles. The summed E-state index contributed by atoms with van der Waals surface area (Å²) in [5, 5.41) is 13.2. The fourth-order valence-corrected chi connectivity index (χ4v) is 14.3. The summed E-state index contributed by atoms with van der Waals surface area (Å²) in [7, 11) is -0.344. The molecule has 0 radical (unpaired) electrons. The van der Waals surface area contributed by atoms with Gasteiger partial charge in [0.05, 0.1) is 70.6 Å². The lowest BCUT2D eigenvalue weighted by Gasteiger charge is -2.32. The van der Waals surface area contributed by atoms with Crippen molar-refractivity contribution in [2.75, 3.05) is 28.7 Å². The predicted molar refractivity (Wildman–Crippen MR) is 490 cm³/mol. The molecule has 1 saturated heterocycles. The third-order valence-corrected chi connectivity index (χ3v) is 23.0. The lowest BCUT2D eigenvalue weighted by Crippen LogP contribution is -2.41. The first-order chi connectivity index (χ1) is 58.4. The third kappa shape index (κ3) is 20.4. The zero-order valence-corrected chi connectivity index (χ0v) is 73.0. The van der Waals surface area contributed by atoms with E-state index in [2.05, 4.69) is 168 Å². The molecule has 10 N–H and O–H groups in total. The highest BCUT2D eigenvalue weighted by molar-refractivity contribution is 9.13. The van der Waals surface area contributed by atoms with E-state index in [1.807, 2.05) is 125 Å². The van der Waals surface area contributed by atoms with Crippen molar-refractivity contribution in [1.29, 1.82) is 5.26 Å². The normalized spacial score (nSPS) is 12.3. The number of nitrogens with two attached hydrogens (primary N) is 5. The third-order valence-electron chi connectivity index (χ3n) is 20.0. The molecule has 0 unspecified atom stereocenters. The molecule has 0 amide bonds. The highest BCUT2D eigenvalue weighted by atomic mass is 79.9. The van der Waals surface area contributed by atoms with Gasteiger partial charge in [-0.3, -0.25) is 0 Å². The Bertz CT molecular complexity index is 6860. The van der Waals surface area contributed by atoms with Gasteiger partial charge in [-0.1, -0.05) is 78.9 Å². The van der Waals surface area contributed by atoms with Crippen LogP contribution in [0.25, 0.3) is 122 Å². The fraction of sp³-hybridized carbons (Fsp3) is 0.109. The van der Waals surface area contributed by atoms with E-state index in [1.54, 1.807) is 85.7 Å². The average molecular weight is 1880 g/mol. The fourth-order valence-electron chi connectivity index (χ4n) is 13.0. The van der Waals surface area contributed by atoms with Gasteiger partial charge in [-0.15, -0.1) is 0 Å². The SMILES string of the molecule is Cc1ncnc2ccc(-c3cc(Br)c(N)nc3-c3cccc(F)c3)cc12.Cc1ncnc2ccc(-c3cc(C#N)c(N)nc3-c3cccc(F)c3)cc12.Cc1ncnc2ccc(-c3ccc(N)nc3-c3cccc(F)c3)cc12.Cc1ncnc2ccc(B3OC(C)(C)C(C)(C)O3)cc12.Nc1ccc(Br)c(-c2cccc(F)c2)n1.Nc1ccc(Br)c(Br)n1. The molecule has 8 aromatic carbocycles. The molecular formula is C92H74BBr4F4N19O2. The van der Waals surface area contributed by atoms with E-state index in [1.165, 1.54) is 54.9 Å². The number of fused-ring (bicyclic) bond motifs is 4. The van der Waals surface area contributed by atoms with Gasteiger partial charge in [0, 0.05) is 87.7 Å². The van der Waals surface area contributed by atoms with Gasteiger partial charge in [0.1, 0.15) is 88.3 Å². The molecule has 0 aliphatic carbocycles. The highest BCUT2D eigenvalue weighted by Crippen LogP contribution is 2.41. The summed E-state index contributed by atoms with van der Waals surface area (Å²) in [4.78, 5) is 55.5. The van der Waals surface area contributed by atoms with Crippen molar-refractivity contribution < 1.29 is 26.9 Å². The van der Waals surface area contributed by atoms with Crippen molar-refractivity contribution >= 4 is 149 Å². The van der Waals surface area contributed by atoms with Crippen molar-refractivity contribution in [2.45, 2.75) is 66.6 Å². The molecule has 1 aliphatic heterocycles. The first-order valence-electron chi connectivity index (χ1n) is 37.6. The standard InChI is InChI=1S/C21H14FN5.C20H14BrFN4.C20H15FN4.C15H19BN2O2.C11H8BrFN2.C5H4Br2N2/c1-12-17-8-13(5-6-19(17)26-11-25-12)18-9-15(10-23)21(24)27-20(18)14-3-2-4-16(22)7-14;1-11-15-8-12(5-6-18(15)25-10-24-11)16-9-17(21)20(23)26-19(16)13-3-2-4-14(22)7-13;1-12-17-10-13(5-7-18(17)24-11-23-12)16-6-8-19(22)25-20(16)14-3-2-4-15(21)9-14;1-10-12-8-11(6-7-13(12)18-9-17-10)16-19-14(2,3)15(4,5)20-16;12-9-4-5-10(14)15-11(9)7-2-1-3-8(13)6-7;6-3-1-2-4(8)9-5(3)7/h2-9,11H,1H3,(H2,24,27);2-10H,1H3,(H2,23,26);2-11H,1H3,(H2,22,25);6-9H,1-5H3;1-6H,(H2,14,15);1-2H,(H2,8,9). The minimum Gasteiger partial charge on any atom is -0.399 e. The maximum atomic E-state index is 13.8. The largest absolute Gasteiger partial charge is 0.494 e. The number of aromatic nitrogens is 13. The second-order valence-corrected chi connectivity index (χ2v) is 32.1. The Kier molecular flexibility index (Phi) is 26.9. The van der Waals surface area contributed by atoms with Crippen LogP contribution >= 0.6 is 63.7 Å². The van der Waals surface area contributed by atoms with Crippen LogP contribution in [0.1, 0.15) is 56.0 Å². The number of halogens is 8. The van der Waals surface area contributed by atoms with Gasteiger partial charge in [0.2, 0.25) is 0 Å². The number of aryl methyl sites for hydroxylation is 4. The minimum absolute atomic E-state index is 0.112. The number of hydrogen-bond acceptors (Lipinski definition) is 21. The molecule has 1 aliphatic rings. The number of nitrogen functional groups attached to an aromatic ring is 5. The van der Waals surface area contributed by atoms with Gasteiger partial charge in [-0.2, -0.15) is 5.26 Å². The zero-order chi connectivity index (χ0) is 86.8. The van der Waals surface area contributed by atoms with E-state index < -0.39 is 0 Å². The van der Waals surface area contributed by atoms with E-state index in [9.17, 15) is 22.8 Å². The summed E-state index contributed by atoms with van der Waals surface area (Å²) in [6.45, 7) is 16.0. The van der Waals surface area contributed by atoms with Crippen molar-refractivity contribution in [3.8, 4) is 84.5 Å². The van der Waals surface area contributed by atoms with Gasteiger partial charge < -0.3 is 38.0 Å². The molecule has 17 aromatic rings. The quantitative estimate of drug-likeness (QED) is 0.0536. The zero-order valence-electron chi connectivity index (χ0n) is 66.7. The molecule has 1 fully saturated rings. The molecule has 0 saturated carbocycles. The lowest BCUT2D eigenvalue weighted by molar-refractivity contribution is 0.00578. The van der Waals surface area contributed by atoms with Gasteiger partial charge in [-0.25, -0.2) is 82.4 Å². The van der Waals surface area contributed by atoms with Crippen molar-refractivity contribution in [3.63, 3.8) is 0 Å². The summed E-state index contributed by atoms with van der Waals surface area (Å²) in [5.74, 6) is 0.504. The van der Waals surface area contributed by atoms with Gasteiger partial charge in [0.25, 0.3) is 0 Å². The van der Waals surface area contributed by atoms with Crippen molar-refractivity contribution in [2.24, 2.45) is 0 Å². The minimum atomic E-state index is -0.370. The van der Waals surface area contributed by atoms with Crippen molar-refractivity contribution in [3.05, 3.63) is 313 Å². The Morgan fingerprint density at radius 3 is 1.10 bits per heavy atom. The van der Waals surface area contributed by atoms with Crippen LogP contribution in [-0.4, -0.2) is 83.1 Å². The van der Waals surface area contributed by atoms with Crippen LogP contribution in [0.15, 0.2) is 262 Å². The van der Waals surface area contributed by atoms with Crippen LogP contribution in [0.2, 0.25) is 0 Å². The number of benzene rings is 8. The molecule has 0 bridgehead atoms. The summed E-state index contributed by atoms with van der Waals surface area (Å²) >= 11 is 13.3. The highest BCUT2D eigenvalue weighted by Gasteiger charge is 2.51. The predicted octanol–water partition coefficient (Wildman–Crippen LogP) is 21.5. The molecule has 18 rings (SSSR count). The van der Waals surface area contributed by atoms with E-state index in [0.717, 1.165) is 113 Å². The van der Waals surface area contributed by atoms with Gasteiger partial charge >= 0.3 is 7.12 Å². The van der Waals surface area contributed by atoms with E-state index in [4.69, 9.17) is 38.0 Å². The molecule has 608 valence electrons. The van der Waals surface area contributed by atoms with Crippen LogP contribution in [-0.2, 0) is 9.31 Å². The Morgan fingerprint density at radius 1 is 0.336 bits per heavy atom. The van der Waals surface area contributed by atoms with Gasteiger partial charge in [0.15, 0.2) is 0 Å². The summed E-state index contributed by atoms with van der Waals surface area (Å²) in [5.41, 5.74) is 46.7. The molecule has 0 spiro atoms. The monoisotopic (exact) mass is 1880 g/mol. The van der Waals surface area contributed by atoms with Crippen LogP contribution < -0.4 is 34.1 Å². The second kappa shape index (κ2) is 37.7. The number of rotatable bonds is 8. The van der Waals surface area contributed by atoms with E-state index in [-0.39, 0.29) is 53.0 Å². The number of pyridine rings is 5. The Labute approximate surface area is 733 Å². The van der Waals surface area contributed by atoms with Crippen molar-refractivity contribution in [1.82, 2.24) is 64.8 Å². The number of anilines is 5. The summed E-state index contributed by atoms with van der Waals surface area (Å²) < 4.78 is 69.5. The summed E-state index contributed by atoms with van der Waals surface area (Å²) in [6.07, 6.45) is 6.22. The summed E-state index contributed by atoms with van der Waals surface area (Å²) in [6, 6.07) is 65.1. The number of nitrogens with zero attached hydrogens (tertiary/aromatic N) is 14. The maximum absolute atomic E-state index is 13.8. The van der Waals surface area contributed by atoms with Crippen LogP contribution in [0, 0.1) is 62.3 Å². The first kappa shape index (κ1) is 86.8. The molecule has 30 heteroatoms.